The molecule has 1 aromatic carbocycles. The minimum absolute atomic E-state index is 0.348. The summed E-state index contributed by atoms with van der Waals surface area (Å²) in [5, 5.41) is 0. The molecule has 0 radical (unpaired) electrons. The predicted octanol–water partition coefficient (Wildman–Crippen LogP) is 7.05. The van der Waals surface area contributed by atoms with Crippen LogP contribution in [0.2, 0.25) is 0 Å². The molecule has 1 aromatic rings. The molecule has 3 rings (SSSR count). The quantitative estimate of drug-likeness (QED) is 0.218. The molecule has 0 N–H and O–H groups in total. The summed E-state index contributed by atoms with van der Waals surface area (Å²) < 4.78 is 0. The molecule has 28 heavy (non-hydrogen) atoms. The smallest absolute Gasteiger partial charge is 0.211 e. The van der Waals surface area contributed by atoms with Crippen LogP contribution >= 0.6 is 0 Å². The van der Waals surface area contributed by atoms with Crippen molar-refractivity contribution in [3.63, 3.8) is 0 Å². The largest absolute Gasteiger partial charge is 0.289 e. The van der Waals surface area contributed by atoms with Crippen LogP contribution in [0.5, 0.6) is 0 Å². The Balaban J connectivity index is 0.000000422. The summed E-state index contributed by atoms with van der Waals surface area (Å²) >= 11 is 0. The summed E-state index contributed by atoms with van der Waals surface area (Å²) in [5.41, 5.74) is 2.27. The van der Waals surface area contributed by atoms with Crippen LogP contribution in [0.1, 0.15) is 67.8 Å². The summed E-state index contributed by atoms with van der Waals surface area (Å²) in [6.45, 7) is 10.9. The van der Waals surface area contributed by atoms with E-state index < -0.39 is 0 Å². The second-order valence-corrected chi connectivity index (χ2v) is 9.07. The van der Waals surface area contributed by atoms with Gasteiger partial charge in [-0.05, 0) is 48.6 Å². The summed E-state index contributed by atoms with van der Waals surface area (Å²) in [6.07, 6.45) is 18.1. The van der Waals surface area contributed by atoms with Crippen molar-refractivity contribution in [1.82, 2.24) is 0 Å². The van der Waals surface area contributed by atoms with Crippen LogP contribution in [0.4, 0.5) is 0 Å². The van der Waals surface area contributed by atoms with Crippen LogP contribution < -0.4 is 0 Å². The third-order valence-electron chi connectivity index (χ3n) is 4.75. The monoisotopic (exact) mass is 397 g/mol. The molecule has 1 fully saturated rings. The lowest BCUT2D eigenvalue weighted by Crippen LogP contribution is -2.17. The first kappa shape index (κ1) is 24.2. The zero-order valence-electron chi connectivity index (χ0n) is 17.7. The van der Waals surface area contributed by atoms with Gasteiger partial charge in [0.15, 0.2) is 5.75 Å². The molecule has 1 heterocycles. The molecule has 2 heteroatoms. The van der Waals surface area contributed by atoms with Gasteiger partial charge in [0.1, 0.15) is 11.5 Å². The van der Waals surface area contributed by atoms with Crippen LogP contribution in [0.3, 0.4) is 0 Å². The van der Waals surface area contributed by atoms with Crippen molar-refractivity contribution < 1.29 is 4.79 Å². The maximum Gasteiger partial charge on any atom is 0.211 e. The number of allylic oxidation sites excluding steroid dienone is 6. The maximum absolute atomic E-state index is 12.3. The highest BCUT2D eigenvalue weighted by Crippen LogP contribution is 2.27. The van der Waals surface area contributed by atoms with Crippen molar-refractivity contribution >= 4 is 16.7 Å². The lowest BCUT2D eigenvalue weighted by atomic mass is 9.89. The van der Waals surface area contributed by atoms with Crippen molar-refractivity contribution in [2.24, 2.45) is 0 Å². The summed E-state index contributed by atoms with van der Waals surface area (Å²) in [7, 11) is 0.372. The van der Waals surface area contributed by atoms with Crippen LogP contribution in [0.15, 0.2) is 73.9 Å². The van der Waals surface area contributed by atoms with Gasteiger partial charge in [-0.1, -0.05) is 87.7 Å². The molecule has 0 amide bonds. The maximum atomic E-state index is 12.3. The van der Waals surface area contributed by atoms with Crippen molar-refractivity contribution in [3.05, 3.63) is 85.0 Å². The zero-order valence-corrected chi connectivity index (χ0v) is 18.6. The first-order valence-corrected chi connectivity index (χ1v) is 12.3. The fourth-order valence-corrected chi connectivity index (χ4v) is 5.55. The van der Waals surface area contributed by atoms with E-state index in [1.807, 2.05) is 38.1 Å². The highest BCUT2D eigenvalue weighted by molar-refractivity contribution is 7.97. The Morgan fingerprint density at radius 3 is 2.14 bits per heavy atom. The Labute approximate surface area is 175 Å². The zero-order chi connectivity index (χ0) is 20.6. The Morgan fingerprint density at radius 2 is 1.64 bits per heavy atom. The van der Waals surface area contributed by atoms with E-state index in [9.17, 15) is 4.79 Å². The molecular weight excluding hydrogens is 360 g/mol. The number of Topliss-reactive ketones (excluding diaryl/α,β-unsaturated/α-hetero) is 1. The Bertz CT molecular complexity index is 623. The average molecular weight is 398 g/mol. The van der Waals surface area contributed by atoms with E-state index in [0.29, 0.717) is 22.6 Å². The van der Waals surface area contributed by atoms with E-state index in [2.05, 4.69) is 37.4 Å². The standard InChI is InChI=1S/C18H23OS.C6H8.C2H6/c19-18(14-20-12-4-5-13-20)17-10-8-16(9-11-17)15-6-2-1-3-7-15;1-3-5-6-4-2;1-2/h2,6,8-11,15H,1,3-5,7,12-14H2;3-6H,1-2H2;1-2H3/q+1;;/b;6-5-;. The SMILES string of the molecule is C=C/C=C\C=C.CC.O=C(C[S+]1CCCC1)c1ccc(C2C=CCCC2)cc1. The number of carbonyl (C=O) groups is 1. The minimum Gasteiger partial charge on any atom is -0.289 e. The van der Waals surface area contributed by atoms with E-state index >= 15 is 0 Å². The lowest BCUT2D eigenvalue weighted by Gasteiger charge is -2.16. The fourth-order valence-electron chi connectivity index (χ4n) is 3.29. The fraction of sp³-hybridized carbons (Fsp3) is 0.423. The van der Waals surface area contributed by atoms with Gasteiger partial charge in [0.25, 0.3) is 0 Å². The molecule has 1 saturated heterocycles. The first-order valence-electron chi connectivity index (χ1n) is 10.6. The molecule has 1 nitrogen and oxygen atoms in total. The Hall–Kier alpha value is -1.80. The molecule has 0 spiro atoms. The molecular formula is C26H37OS+. The van der Waals surface area contributed by atoms with E-state index in [-0.39, 0.29) is 0 Å². The molecule has 0 bridgehead atoms. The molecule has 1 aliphatic carbocycles. The van der Waals surface area contributed by atoms with Gasteiger partial charge in [0.05, 0.1) is 0 Å². The highest BCUT2D eigenvalue weighted by Gasteiger charge is 2.27. The minimum atomic E-state index is 0.348. The molecule has 152 valence electrons. The predicted molar refractivity (Wildman–Crippen MR) is 129 cm³/mol. The number of rotatable bonds is 6. The van der Waals surface area contributed by atoms with Crippen LogP contribution in [0.25, 0.3) is 0 Å². The van der Waals surface area contributed by atoms with Crippen molar-refractivity contribution in [2.45, 2.75) is 51.9 Å². The number of ketones is 1. The van der Waals surface area contributed by atoms with E-state index in [1.165, 1.54) is 49.2 Å². The van der Waals surface area contributed by atoms with Gasteiger partial charge in [-0.25, -0.2) is 0 Å². The van der Waals surface area contributed by atoms with Crippen molar-refractivity contribution in [3.8, 4) is 0 Å². The third-order valence-corrected chi connectivity index (χ3v) is 7.15. The van der Waals surface area contributed by atoms with Gasteiger partial charge >= 0.3 is 0 Å². The van der Waals surface area contributed by atoms with E-state index in [1.54, 1.807) is 12.2 Å². The van der Waals surface area contributed by atoms with Crippen LogP contribution in [0, 0.1) is 0 Å². The topological polar surface area (TPSA) is 17.1 Å². The average Bonchev–Trinajstić information content (AvgIpc) is 3.28. The van der Waals surface area contributed by atoms with E-state index in [4.69, 9.17) is 0 Å². The molecule has 1 aliphatic heterocycles. The van der Waals surface area contributed by atoms with Gasteiger partial charge in [0, 0.05) is 11.5 Å². The Kier molecular flexibility index (Phi) is 13.1. The number of hydrogen-bond donors (Lipinski definition) is 0. The van der Waals surface area contributed by atoms with Crippen LogP contribution in [-0.2, 0) is 10.9 Å². The summed E-state index contributed by atoms with van der Waals surface area (Å²) in [4.78, 5) is 12.3. The second-order valence-electron chi connectivity index (χ2n) is 6.74. The van der Waals surface area contributed by atoms with Gasteiger partial charge in [-0.3, -0.25) is 4.79 Å². The van der Waals surface area contributed by atoms with Gasteiger partial charge in [-0.15, -0.1) is 0 Å². The number of benzene rings is 1. The normalized spacial score (nSPS) is 18.6. The molecule has 0 saturated carbocycles. The van der Waals surface area contributed by atoms with Gasteiger partial charge in [0.2, 0.25) is 5.78 Å². The van der Waals surface area contributed by atoms with E-state index in [0.717, 1.165) is 11.3 Å². The van der Waals surface area contributed by atoms with Gasteiger partial charge < -0.3 is 0 Å². The van der Waals surface area contributed by atoms with Crippen molar-refractivity contribution in [1.29, 1.82) is 0 Å². The first-order chi connectivity index (χ1) is 13.7. The van der Waals surface area contributed by atoms with Crippen LogP contribution in [-0.4, -0.2) is 23.0 Å². The Morgan fingerprint density at radius 1 is 1.04 bits per heavy atom. The lowest BCUT2D eigenvalue weighted by molar-refractivity contribution is 0.102. The number of carbonyl (C=O) groups excluding carboxylic acids is 1. The number of hydrogen-bond acceptors (Lipinski definition) is 1. The second kappa shape index (κ2) is 15.2. The summed E-state index contributed by atoms with van der Waals surface area (Å²) in [5.74, 6) is 4.24. The van der Waals surface area contributed by atoms with Crippen molar-refractivity contribution in [2.75, 3.05) is 17.3 Å². The molecule has 2 aliphatic rings. The summed E-state index contributed by atoms with van der Waals surface area (Å²) in [6, 6.07) is 8.40. The third kappa shape index (κ3) is 8.93. The molecule has 1 unspecified atom stereocenters. The molecule has 1 atom stereocenters. The molecule has 0 aromatic heterocycles. The highest BCUT2D eigenvalue weighted by atomic mass is 32.2. The van der Waals surface area contributed by atoms with Gasteiger partial charge in [-0.2, -0.15) is 0 Å².